The Bertz CT molecular complexity index is 1210. The van der Waals surface area contributed by atoms with Crippen LogP contribution in [0.1, 0.15) is 45.8 Å². The van der Waals surface area contributed by atoms with Gasteiger partial charge in [-0.15, -0.1) is 35.9 Å². The quantitative estimate of drug-likeness (QED) is 0.307. The Morgan fingerprint density at radius 3 is 2.24 bits per heavy atom. The van der Waals surface area contributed by atoms with E-state index in [-0.39, 0.29) is 32.3 Å². The molecule has 1 aromatic heterocycles. The number of ether oxygens (including phenoxy) is 1. The first-order valence-corrected chi connectivity index (χ1v) is 9.64. The van der Waals surface area contributed by atoms with E-state index in [1.165, 1.54) is 27.9 Å². The van der Waals surface area contributed by atoms with Crippen molar-refractivity contribution in [3.05, 3.63) is 106 Å². The van der Waals surface area contributed by atoms with Gasteiger partial charge >= 0.3 is 0 Å². The zero-order valence-electron chi connectivity index (χ0n) is 16.1. The Labute approximate surface area is 183 Å². The molecule has 0 fully saturated rings. The number of aromatic nitrogens is 2. The molecule has 3 heterocycles. The summed E-state index contributed by atoms with van der Waals surface area (Å²) < 4.78 is 8.70. The second kappa shape index (κ2) is 6.77. The van der Waals surface area contributed by atoms with Crippen LogP contribution in [0.2, 0.25) is 0 Å². The molecule has 1 radical (unpaired) electrons. The fraction of sp³-hybridized carbons (Fsp3) is 0.160. The predicted molar refractivity (Wildman–Crippen MR) is 109 cm³/mol. The molecule has 0 amide bonds. The molecule has 0 saturated carbocycles. The van der Waals surface area contributed by atoms with Crippen molar-refractivity contribution >= 4 is 0 Å². The van der Waals surface area contributed by atoms with Gasteiger partial charge in [0.1, 0.15) is 12.2 Å². The standard InChI is InChI=1S/C25H19N2O.Ir/c1-15-9-8-10-16(2)21(15)27-22-20(26-25(27)17-11-4-3-5-12-17)23-18-13-6-7-14-19(18)24(22)28-23;/h3-11,13-14,23-24H,1-2H3;/q-1;. The first kappa shape index (κ1) is 18.5. The van der Waals surface area contributed by atoms with E-state index >= 15 is 0 Å². The number of imidazole rings is 1. The van der Waals surface area contributed by atoms with E-state index in [0.717, 1.165) is 22.8 Å². The van der Waals surface area contributed by atoms with Crippen molar-refractivity contribution in [2.45, 2.75) is 26.1 Å². The summed E-state index contributed by atoms with van der Waals surface area (Å²) in [6, 6.07) is 26.4. The molecule has 29 heavy (non-hydrogen) atoms. The van der Waals surface area contributed by atoms with Gasteiger partial charge in [0.25, 0.3) is 0 Å². The number of para-hydroxylation sites is 1. The third-order valence-electron chi connectivity index (χ3n) is 5.88. The molecule has 4 heteroatoms. The molecule has 2 atom stereocenters. The van der Waals surface area contributed by atoms with E-state index in [2.05, 4.69) is 73.0 Å². The average Bonchev–Trinajstić information content (AvgIpc) is 3.38. The van der Waals surface area contributed by atoms with Crippen LogP contribution < -0.4 is 0 Å². The normalized spacial score (nSPS) is 18.3. The molecule has 0 aliphatic carbocycles. The summed E-state index contributed by atoms with van der Waals surface area (Å²) in [5, 5.41) is 0. The fourth-order valence-electron chi connectivity index (χ4n) is 4.69. The minimum Gasteiger partial charge on any atom is -0.353 e. The molecule has 0 spiro atoms. The van der Waals surface area contributed by atoms with Crippen molar-refractivity contribution in [2.75, 3.05) is 0 Å². The first-order valence-electron chi connectivity index (χ1n) is 9.64. The molecular weight excluding hydrogens is 537 g/mol. The maximum atomic E-state index is 6.39. The van der Waals surface area contributed by atoms with E-state index in [0.29, 0.717) is 0 Å². The van der Waals surface area contributed by atoms with Crippen molar-refractivity contribution in [3.63, 3.8) is 0 Å². The Morgan fingerprint density at radius 2 is 1.55 bits per heavy atom. The topological polar surface area (TPSA) is 27.1 Å². The third-order valence-corrected chi connectivity index (χ3v) is 5.88. The molecule has 2 unspecified atom stereocenters. The van der Waals surface area contributed by atoms with E-state index in [9.17, 15) is 0 Å². The molecule has 2 aliphatic heterocycles. The van der Waals surface area contributed by atoms with Gasteiger partial charge in [0, 0.05) is 25.8 Å². The average molecular weight is 556 g/mol. The molecule has 6 rings (SSSR count). The van der Waals surface area contributed by atoms with Gasteiger partial charge in [-0.3, -0.25) is 4.98 Å². The molecular formula is C25H19IrN2O-. The monoisotopic (exact) mass is 556 g/mol. The number of rotatable bonds is 2. The largest absolute Gasteiger partial charge is 0.353 e. The van der Waals surface area contributed by atoms with Crippen LogP contribution in [0, 0.1) is 19.9 Å². The SMILES string of the molecule is Cc1cccc(C)c1-n1c(-c2[c-]cccc2)nc2c1C1OC2c2ccccc21.[Ir]. The van der Waals surface area contributed by atoms with Gasteiger partial charge in [0.2, 0.25) is 0 Å². The number of fused-ring (bicyclic) bond motifs is 8. The Kier molecular flexibility index (Phi) is 4.32. The summed E-state index contributed by atoms with van der Waals surface area (Å²) in [7, 11) is 0. The molecule has 0 N–H and O–H groups in total. The van der Waals surface area contributed by atoms with E-state index in [1.54, 1.807) is 0 Å². The molecule has 2 aliphatic rings. The van der Waals surface area contributed by atoms with Crippen molar-refractivity contribution in [1.82, 2.24) is 9.55 Å². The minimum atomic E-state index is -0.0794. The number of benzene rings is 3. The van der Waals surface area contributed by atoms with Crippen molar-refractivity contribution < 1.29 is 24.8 Å². The second-order valence-corrected chi connectivity index (χ2v) is 7.58. The van der Waals surface area contributed by atoms with Gasteiger partial charge in [-0.05, 0) is 36.1 Å². The summed E-state index contributed by atoms with van der Waals surface area (Å²) in [5.41, 5.74) is 9.36. The second-order valence-electron chi connectivity index (χ2n) is 7.58. The van der Waals surface area contributed by atoms with Crippen molar-refractivity contribution in [1.29, 1.82) is 0 Å². The number of hydrogen-bond donors (Lipinski definition) is 0. The van der Waals surface area contributed by atoms with Crippen molar-refractivity contribution in [2.24, 2.45) is 0 Å². The molecule has 3 nitrogen and oxygen atoms in total. The van der Waals surface area contributed by atoms with E-state index < -0.39 is 0 Å². The smallest absolute Gasteiger partial charge is 0.127 e. The number of hydrogen-bond acceptors (Lipinski definition) is 2. The van der Waals surface area contributed by atoms with Gasteiger partial charge in [-0.25, -0.2) is 0 Å². The molecule has 145 valence electrons. The zero-order chi connectivity index (χ0) is 18.8. The van der Waals surface area contributed by atoms with Gasteiger partial charge in [-0.2, -0.15) is 0 Å². The molecule has 3 aromatic carbocycles. The summed E-state index contributed by atoms with van der Waals surface area (Å²) in [5.74, 6) is 0.939. The van der Waals surface area contributed by atoms with Gasteiger partial charge in [0.05, 0.1) is 17.2 Å². The summed E-state index contributed by atoms with van der Waals surface area (Å²) in [6.07, 6.45) is -0.149. The molecule has 2 bridgehead atoms. The van der Waals surface area contributed by atoms with Crippen LogP contribution in [0.15, 0.2) is 66.7 Å². The van der Waals surface area contributed by atoms with Crippen LogP contribution >= 0.6 is 0 Å². The van der Waals surface area contributed by atoms with Crippen LogP contribution in [-0.2, 0) is 24.8 Å². The van der Waals surface area contributed by atoms with Gasteiger partial charge < -0.3 is 9.30 Å². The Balaban J connectivity index is 0.00000181. The van der Waals surface area contributed by atoms with E-state index in [1.807, 2.05) is 18.2 Å². The zero-order valence-corrected chi connectivity index (χ0v) is 18.5. The summed E-state index contributed by atoms with van der Waals surface area (Å²) in [6.45, 7) is 4.32. The van der Waals surface area contributed by atoms with Crippen LogP contribution in [0.4, 0.5) is 0 Å². The first-order chi connectivity index (χ1) is 13.7. The van der Waals surface area contributed by atoms with Crippen LogP contribution in [0.25, 0.3) is 17.1 Å². The summed E-state index contributed by atoms with van der Waals surface area (Å²) >= 11 is 0. The van der Waals surface area contributed by atoms with Crippen molar-refractivity contribution in [3.8, 4) is 17.1 Å². The Hall–Kier alpha value is -2.52. The Morgan fingerprint density at radius 1 is 0.862 bits per heavy atom. The van der Waals surface area contributed by atoms with E-state index in [4.69, 9.17) is 9.72 Å². The molecule has 0 saturated heterocycles. The fourth-order valence-corrected chi connectivity index (χ4v) is 4.69. The number of nitrogens with zero attached hydrogens (tertiary/aromatic N) is 2. The van der Waals surface area contributed by atoms with Crippen LogP contribution in [0.5, 0.6) is 0 Å². The van der Waals surface area contributed by atoms with Crippen LogP contribution in [0.3, 0.4) is 0 Å². The minimum absolute atomic E-state index is 0. The maximum absolute atomic E-state index is 6.39. The van der Waals surface area contributed by atoms with Gasteiger partial charge in [-0.1, -0.05) is 42.5 Å². The summed E-state index contributed by atoms with van der Waals surface area (Å²) in [4.78, 5) is 5.11. The third kappa shape index (κ3) is 2.53. The van der Waals surface area contributed by atoms with Crippen LogP contribution in [-0.4, -0.2) is 9.55 Å². The number of aryl methyl sites for hydroxylation is 2. The molecule has 4 aromatic rings. The van der Waals surface area contributed by atoms with Gasteiger partial charge in [0.15, 0.2) is 0 Å². The maximum Gasteiger partial charge on any atom is 0.127 e. The predicted octanol–water partition coefficient (Wildman–Crippen LogP) is 5.48.